The summed E-state index contributed by atoms with van der Waals surface area (Å²) in [5, 5.41) is 24.3. The SMILES string of the molecule is CNCCC1(c2cccc3c(=O)c(C)c(-c4ccccc4)oc23)C(C(=O)O)=C(C)N(C)C(C)=C1C(=O)O. The Morgan fingerprint density at radius 2 is 1.54 bits per heavy atom. The minimum atomic E-state index is -1.60. The number of nitrogens with one attached hydrogen (secondary N) is 1. The highest BCUT2D eigenvalue weighted by atomic mass is 16.4. The molecule has 0 atom stereocenters. The van der Waals surface area contributed by atoms with Gasteiger partial charge in [-0.2, -0.15) is 0 Å². The minimum absolute atomic E-state index is 0.0646. The second kappa shape index (κ2) is 9.71. The molecule has 0 saturated carbocycles. The Morgan fingerprint density at radius 3 is 2.08 bits per heavy atom. The highest BCUT2D eigenvalue weighted by molar-refractivity contribution is 6.02. The summed E-state index contributed by atoms with van der Waals surface area (Å²) in [5.41, 5.74) is 0.466. The van der Waals surface area contributed by atoms with E-state index in [1.54, 1.807) is 58.0 Å². The van der Waals surface area contributed by atoms with E-state index in [2.05, 4.69) is 5.32 Å². The Morgan fingerprint density at radius 1 is 0.946 bits per heavy atom. The molecule has 1 aliphatic heterocycles. The van der Waals surface area contributed by atoms with E-state index in [0.717, 1.165) is 0 Å². The van der Waals surface area contributed by atoms with Crippen LogP contribution in [0.2, 0.25) is 0 Å². The first-order valence-corrected chi connectivity index (χ1v) is 12.0. The number of carboxylic acids is 2. The van der Waals surface area contributed by atoms with Crippen molar-refractivity contribution >= 4 is 22.9 Å². The number of aliphatic carboxylic acids is 2. The zero-order valence-corrected chi connectivity index (χ0v) is 21.5. The monoisotopic (exact) mass is 502 g/mol. The van der Waals surface area contributed by atoms with Gasteiger partial charge in [-0.25, -0.2) is 9.59 Å². The highest BCUT2D eigenvalue weighted by Crippen LogP contribution is 2.51. The molecule has 0 saturated heterocycles. The van der Waals surface area contributed by atoms with Gasteiger partial charge in [0, 0.05) is 35.1 Å². The largest absolute Gasteiger partial charge is 0.478 e. The molecule has 3 aromatic rings. The summed E-state index contributed by atoms with van der Waals surface area (Å²) in [4.78, 5) is 40.9. The topological polar surface area (TPSA) is 120 Å². The third-order valence-electron chi connectivity index (χ3n) is 7.40. The molecule has 0 spiro atoms. The van der Waals surface area contributed by atoms with Crippen molar-refractivity contribution in [3.63, 3.8) is 0 Å². The molecular formula is C29H30N2O6. The molecule has 4 rings (SSSR count). The lowest BCUT2D eigenvalue weighted by molar-refractivity contribution is -0.134. The number of allylic oxidation sites excluding steroid dienone is 2. The number of carboxylic acid groups (broad SMARTS) is 2. The molecule has 1 aliphatic rings. The molecular weight excluding hydrogens is 472 g/mol. The van der Waals surface area contributed by atoms with Crippen molar-refractivity contribution in [1.29, 1.82) is 0 Å². The fraction of sp³-hybridized carbons (Fsp3) is 0.276. The lowest BCUT2D eigenvalue weighted by atomic mass is 9.63. The number of fused-ring (bicyclic) bond motifs is 1. The van der Waals surface area contributed by atoms with Crippen LogP contribution < -0.4 is 10.7 Å². The Kier molecular flexibility index (Phi) is 6.80. The minimum Gasteiger partial charge on any atom is -0.478 e. The van der Waals surface area contributed by atoms with E-state index < -0.39 is 17.4 Å². The van der Waals surface area contributed by atoms with Gasteiger partial charge in [-0.05, 0) is 46.9 Å². The normalized spacial score (nSPS) is 15.4. The molecule has 1 aromatic heterocycles. The van der Waals surface area contributed by atoms with Crippen molar-refractivity contribution in [2.45, 2.75) is 32.6 Å². The first kappa shape index (κ1) is 25.9. The summed E-state index contributed by atoms with van der Waals surface area (Å²) in [6.07, 6.45) is 0.118. The Balaban J connectivity index is 2.24. The second-order valence-corrected chi connectivity index (χ2v) is 9.28. The molecule has 192 valence electrons. The maximum Gasteiger partial charge on any atom is 0.334 e. The van der Waals surface area contributed by atoms with Gasteiger partial charge >= 0.3 is 11.9 Å². The maximum atomic E-state index is 13.6. The van der Waals surface area contributed by atoms with Crippen LogP contribution in [-0.2, 0) is 15.0 Å². The molecule has 0 unspecified atom stereocenters. The van der Waals surface area contributed by atoms with Gasteiger partial charge < -0.3 is 24.8 Å². The smallest absolute Gasteiger partial charge is 0.334 e. The summed E-state index contributed by atoms with van der Waals surface area (Å²) in [6.45, 7) is 5.34. The quantitative estimate of drug-likeness (QED) is 0.438. The van der Waals surface area contributed by atoms with E-state index in [4.69, 9.17) is 4.42 Å². The average Bonchev–Trinajstić information content (AvgIpc) is 2.87. The summed E-state index contributed by atoms with van der Waals surface area (Å²) >= 11 is 0. The maximum absolute atomic E-state index is 13.6. The number of benzene rings is 2. The van der Waals surface area contributed by atoms with Gasteiger partial charge in [-0.3, -0.25) is 4.79 Å². The van der Waals surface area contributed by atoms with E-state index in [1.807, 2.05) is 30.3 Å². The lowest BCUT2D eigenvalue weighted by Crippen LogP contribution is -2.46. The number of nitrogens with zero attached hydrogens (tertiary/aromatic N) is 1. The van der Waals surface area contributed by atoms with E-state index in [0.29, 0.717) is 40.4 Å². The van der Waals surface area contributed by atoms with E-state index in [-0.39, 0.29) is 34.0 Å². The van der Waals surface area contributed by atoms with Gasteiger partial charge in [0.1, 0.15) is 11.3 Å². The molecule has 2 heterocycles. The number of carbonyl (C=O) groups is 2. The second-order valence-electron chi connectivity index (χ2n) is 9.28. The van der Waals surface area contributed by atoms with Gasteiger partial charge in [0.2, 0.25) is 0 Å². The first-order chi connectivity index (χ1) is 17.6. The molecule has 0 radical (unpaired) electrons. The van der Waals surface area contributed by atoms with E-state index in [9.17, 15) is 24.6 Å². The van der Waals surface area contributed by atoms with Crippen LogP contribution in [0.15, 0.2) is 80.3 Å². The molecule has 0 fully saturated rings. The van der Waals surface area contributed by atoms with Gasteiger partial charge in [-0.15, -0.1) is 0 Å². The number of hydrogen-bond donors (Lipinski definition) is 3. The van der Waals surface area contributed by atoms with Gasteiger partial charge in [0.05, 0.1) is 21.9 Å². The van der Waals surface area contributed by atoms with Crippen molar-refractivity contribution in [2.24, 2.45) is 0 Å². The van der Waals surface area contributed by atoms with Crippen LogP contribution in [0.1, 0.15) is 31.4 Å². The van der Waals surface area contributed by atoms with Crippen LogP contribution in [0, 0.1) is 6.92 Å². The zero-order valence-electron chi connectivity index (χ0n) is 21.5. The van der Waals surface area contributed by atoms with Crippen molar-refractivity contribution in [1.82, 2.24) is 10.2 Å². The Hall–Kier alpha value is -4.17. The van der Waals surface area contributed by atoms with Crippen LogP contribution in [0.25, 0.3) is 22.3 Å². The summed E-state index contributed by atoms with van der Waals surface area (Å²) in [7, 11) is 3.37. The number of hydrogen-bond acceptors (Lipinski definition) is 6. The Bertz CT molecular complexity index is 1490. The lowest BCUT2D eigenvalue weighted by Gasteiger charge is -2.44. The fourth-order valence-corrected chi connectivity index (χ4v) is 5.48. The van der Waals surface area contributed by atoms with E-state index in [1.165, 1.54) is 0 Å². The van der Waals surface area contributed by atoms with Crippen LogP contribution in [0.5, 0.6) is 0 Å². The third kappa shape index (κ3) is 3.94. The summed E-state index contributed by atoms with van der Waals surface area (Å²) in [6, 6.07) is 14.1. The molecule has 0 aliphatic carbocycles. The summed E-state index contributed by atoms with van der Waals surface area (Å²) in [5.74, 6) is -2.11. The average molecular weight is 503 g/mol. The third-order valence-corrected chi connectivity index (χ3v) is 7.40. The predicted molar refractivity (Wildman–Crippen MR) is 141 cm³/mol. The molecule has 8 nitrogen and oxygen atoms in total. The van der Waals surface area contributed by atoms with Crippen molar-refractivity contribution in [3.05, 3.63) is 92.4 Å². The summed E-state index contributed by atoms with van der Waals surface area (Å²) < 4.78 is 6.44. The standard InChI is InChI=1S/C29H30N2O6/c1-16-24(32)20-12-9-13-21(26(20)37-25(16)19-10-7-6-8-11-19)29(14-15-30-4)22(27(33)34)17(2)31(5)18(3)23(29)28(35)36/h6-13,30H,14-15H2,1-5H3,(H,33,34)(H,35,36). The fourth-order valence-electron chi connectivity index (χ4n) is 5.48. The predicted octanol–water partition coefficient (Wildman–Crippen LogP) is 4.28. The molecule has 3 N–H and O–H groups in total. The van der Waals surface area contributed by atoms with E-state index >= 15 is 0 Å². The zero-order chi connectivity index (χ0) is 27.1. The molecule has 0 bridgehead atoms. The molecule has 8 heteroatoms. The Labute approximate surface area is 214 Å². The molecule has 2 aromatic carbocycles. The first-order valence-electron chi connectivity index (χ1n) is 12.0. The van der Waals surface area contributed by atoms with Crippen LogP contribution in [0.3, 0.4) is 0 Å². The molecule has 37 heavy (non-hydrogen) atoms. The van der Waals surface area contributed by atoms with Gasteiger partial charge in [0.25, 0.3) is 0 Å². The number of rotatable bonds is 7. The highest BCUT2D eigenvalue weighted by Gasteiger charge is 2.52. The van der Waals surface area contributed by atoms with Crippen LogP contribution in [0.4, 0.5) is 0 Å². The van der Waals surface area contributed by atoms with Crippen LogP contribution in [-0.4, -0.2) is 47.7 Å². The van der Waals surface area contributed by atoms with Crippen molar-refractivity contribution in [3.8, 4) is 11.3 Å². The van der Waals surface area contributed by atoms with Gasteiger partial charge in [0.15, 0.2) is 5.43 Å². The molecule has 0 amide bonds. The van der Waals surface area contributed by atoms with Crippen molar-refractivity contribution in [2.75, 3.05) is 20.6 Å². The van der Waals surface area contributed by atoms with Crippen molar-refractivity contribution < 1.29 is 24.2 Å². The van der Waals surface area contributed by atoms with Gasteiger partial charge in [-0.1, -0.05) is 42.5 Å². The number of para-hydroxylation sites is 1. The van der Waals surface area contributed by atoms with Crippen LogP contribution >= 0.6 is 0 Å².